The van der Waals surface area contributed by atoms with Crippen LogP contribution in [0.2, 0.25) is 0 Å². The van der Waals surface area contributed by atoms with Crippen LogP contribution >= 0.6 is 11.3 Å². The lowest BCUT2D eigenvalue weighted by Gasteiger charge is -2.34. The Morgan fingerprint density at radius 2 is 1.17 bits per heavy atom. The molecule has 250 valence electrons. The van der Waals surface area contributed by atoms with Gasteiger partial charge in [-0.05, 0) is 62.8 Å². The monoisotopic (exact) mass is 697 g/mol. The van der Waals surface area contributed by atoms with Gasteiger partial charge in [0.2, 0.25) is 0 Å². The number of benzene rings is 8. The first kappa shape index (κ1) is 29.2. The van der Waals surface area contributed by atoms with E-state index in [0.29, 0.717) is 0 Å². The second-order valence-electron chi connectivity index (χ2n) is 14.1. The summed E-state index contributed by atoms with van der Waals surface area (Å²) >= 11 is 1.83. The molecule has 4 nitrogen and oxygen atoms in total. The Labute approximate surface area is 308 Å². The summed E-state index contributed by atoms with van der Waals surface area (Å²) in [5.74, 6) is 0. The third-order valence-electron chi connectivity index (χ3n) is 11.3. The van der Waals surface area contributed by atoms with Crippen LogP contribution in [0.25, 0.3) is 81.1 Å². The summed E-state index contributed by atoms with van der Waals surface area (Å²) in [6, 6.07) is 59.2. The molecule has 1 aliphatic rings. The molecule has 0 saturated carbocycles. The van der Waals surface area contributed by atoms with Crippen molar-refractivity contribution in [1.29, 1.82) is 0 Å². The molecule has 11 aromatic rings. The molecule has 1 aliphatic heterocycles. The number of para-hydroxylation sites is 1. The van der Waals surface area contributed by atoms with E-state index in [1.54, 1.807) is 0 Å². The van der Waals surface area contributed by atoms with Crippen molar-refractivity contribution in [1.82, 2.24) is 9.88 Å². The van der Waals surface area contributed by atoms with Gasteiger partial charge in [-0.1, -0.05) is 133 Å². The van der Waals surface area contributed by atoms with Gasteiger partial charge in [-0.25, -0.2) is 0 Å². The number of rotatable bonds is 3. The first-order chi connectivity index (χ1) is 26.3. The first-order valence-corrected chi connectivity index (χ1v) is 19.0. The molecule has 3 aromatic heterocycles. The number of hydrogen-bond donors (Lipinski definition) is 2. The van der Waals surface area contributed by atoms with E-state index < -0.39 is 0 Å². The van der Waals surface area contributed by atoms with Gasteiger partial charge in [0.05, 0.1) is 27.8 Å². The van der Waals surface area contributed by atoms with Crippen LogP contribution in [0.3, 0.4) is 0 Å². The van der Waals surface area contributed by atoms with Crippen molar-refractivity contribution in [3.8, 4) is 5.69 Å². The Bertz CT molecular complexity index is 3170. The minimum atomic E-state index is -0.139. The van der Waals surface area contributed by atoms with Crippen LogP contribution < -0.4 is 10.6 Å². The average Bonchev–Trinajstić information content (AvgIpc) is 3.90. The van der Waals surface area contributed by atoms with Crippen LogP contribution in [-0.2, 0) is 0 Å². The van der Waals surface area contributed by atoms with Crippen LogP contribution in [0, 0.1) is 0 Å². The zero-order chi connectivity index (χ0) is 34.6. The molecule has 8 aromatic carbocycles. The van der Waals surface area contributed by atoms with Crippen LogP contribution in [0.4, 0.5) is 5.00 Å². The van der Waals surface area contributed by atoms with Crippen molar-refractivity contribution < 1.29 is 4.42 Å². The minimum Gasteiger partial charge on any atom is -0.454 e. The topological polar surface area (TPSA) is 42.1 Å². The summed E-state index contributed by atoms with van der Waals surface area (Å²) < 4.78 is 10.7. The highest BCUT2D eigenvalue weighted by Gasteiger charge is 2.33. The van der Waals surface area contributed by atoms with E-state index in [0.717, 1.165) is 27.6 Å². The quantitative estimate of drug-likeness (QED) is 0.193. The van der Waals surface area contributed by atoms with Gasteiger partial charge in [0.25, 0.3) is 0 Å². The zero-order valence-electron chi connectivity index (χ0n) is 28.5. The second-order valence-corrected chi connectivity index (χ2v) is 15.2. The molecule has 2 atom stereocenters. The largest absolute Gasteiger partial charge is 0.454 e. The Morgan fingerprint density at radius 1 is 0.528 bits per heavy atom. The molecule has 2 N–H and O–H groups in total. The highest BCUT2D eigenvalue weighted by molar-refractivity contribution is 7.23. The molecule has 0 radical (unpaired) electrons. The minimum absolute atomic E-state index is 0.0276. The third-order valence-corrected chi connectivity index (χ3v) is 12.4. The van der Waals surface area contributed by atoms with Crippen LogP contribution in [0.15, 0.2) is 168 Å². The maximum absolute atomic E-state index is 6.97. The standard InChI is InChI=1S/C48H31N3OS/c1-2-14-30(15-3-1)45-44-33-18-8-9-23-40(33)53-48(44)50-47(49-45)35-20-11-22-39-41(35)34-19-10-21-38(46(34)52-39)51-36-26-24-28-12-4-6-16-31(28)42(36)43-32-17-7-5-13-29(32)25-27-37(43)51/h1-27,45,47,49-50H. The first-order valence-electron chi connectivity index (χ1n) is 18.2. The van der Waals surface area contributed by atoms with E-state index in [9.17, 15) is 0 Å². The fraction of sp³-hybridized carbons (Fsp3) is 0.0417. The summed E-state index contributed by atoms with van der Waals surface area (Å²) in [5.41, 5.74) is 8.86. The molecule has 5 heteroatoms. The molecule has 0 fully saturated rings. The van der Waals surface area contributed by atoms with Gasteiger partial charge in [-0.2, -0.15) is 0 Å². The van der Waals surface area contributed by atoms with Crippen molar-refractivity contribution in [2.24, 2.45) is 0 Å². The number of thiophene rings is 1. The van der Waals surface area contributed by atoms with Crippen molar-refractivity contribution in [2.45, 2.75) is 12.2 Å². The van der Waals surface area contributed by atoms with Gasteiger partial charge in [-0.15, -0.1) is 11.3 Å². The van der Waals surface area contributed by atoms with Crippen molar-refractivity contribution in [3.05, 3.63) is 180 Å². The number of fused-ring (bicyclic) bond motifs is 13. The fourth-order valence-corrected chi connectivity index (χ4v) is 10.2. The molecule has 2 unspecified atom stereocenters. The van der Waals surface area contributed by atoms with E-state index in [1.807, 2.05) is 11.3 Å². The maximum Gasteiger partial charge on any atom is 0.159 e. The number of hydrogen-bond acceptors (Lipinski definition) is 4. The average molecular weight is 698 g/mol. The van der Waals surface area contributed by atoms with Gasteiger partial charge < -0.3 is 14.3 Å². The third kappa shape index (κ3) is 4.15. The maximum atomic E-state index is 6.97. The van der Waals surface area contributed by atoms with Crippen molar-refractivity contribution >= 4 is 91.7 Å². The summed E-state index contributed by atoms with van der Waals surface area (Å²) in [5, 5.41) is 20.2. The smallest absolute Gasteiger partial charge is 0.159 e. The number of nitrogens with one attached hydrogen (secondary N) is 2. The molecule has 0 spiro atoms. The van der Waals surface area contributed by atoms with Gasteiger partial charge in [0, 0.05) is 37.4 Å². The predicted molar refractivity (Wildman–Crippen MR) is 223 cm³/mol. The lowest BCUT2D eigenvalue weighted by atomic mass is 9.93. The molecular weight excluding hydrogens is 667 g/mol. The summed E-state index contributed by atoms with van der Waals surface area (Å²) in [6.07, 6.45) is -0.139. The fourth-order valence-electron chi connectivity index (χ4n) is 9.04. The number of anilines is 1. The lowest BCUT2D eigenvalue weighted by Crippen LogP contribution is -2.36. The van der Waals surface area contributed by atoms with Gasteiger partial charge >= 0.3 is 0 Å². The van der Waals surface area contributed by atoms with Crippen LogP contribution in [-0.4, -0.2) is 4.57 Å². The Kier molecular flexibility index (Phi) is 6.09. The normalized spacial score (nSPS) is 16.0. The van der Waals surface area contributed by atoms with Gasteiger partial charge in [0.15, 0.2) is 5.58 Å². The molecule has 0 aliphatic carbocycles. The number of nitrogens with zero attached hydrogens (tertiary/aromatic N) is 1. The zero-order valence-corrected chi connectivity index (χ0v) is 29.3. The van der Waals surface area contributed by atoms with Gasteiger partial charge in [0.1, 0.15) is 11.7 Å². The van der Waals surface area contributed by atoms with Crippen LogP contribution in [0.5, 0.6) is 0 Å². The molecule has 0 bridgehead atoms. The van der Waals surface area contributed by atoms with E-state index in [-0.39, 0.29) is 12.2 Å². The summed E-state index contributed by atoms with van der Waals surface area (Å²) in [6.45, 7) is 0. The Morgan fingerprint density at radius 3 is 1.92 bits per heavy atom. The molecule has 0 saturated heterocycles. The van der Waals surface area contributed by atoms with E-state index in [2.05, 4.69) is 179 Å². The molecule has 53 heavy (non-hydrogen) atoms. The highest BCUT2D eigenvalue weighted by Crippen LogP contribution is 2.48. The lowest BCUT2D eigenvalue weighted by molar-refractivity contribution is 0.514. The summed E-state index contributed by atoms with van der Waals surface area (Å²) in [4.78, 5) is 0. The molecular formula is C48H31N3OS. The number of furan rings is 1. The Balaban J connectivity index is 1.10. The predicted octanol–water partition coefficient (Wildman–Crippen LogP) is 13.0. The van der Waals surface area contributed by atoms with Crippen molar-refractivity contribution in [3.63, 3.8) is 0 Å². The van der Waals surface area contributed by atoms with Gasteiger partial charge in [-0.3, -0.25) is 5.32 Å². The van der Waals surface area contributed by atoms with E-state index in [1.165, 1.54) is 75.1 Å². The van der Waals surface area contributed by atoms with Crippen molar-refractivity contribution in [2.75, 3.05) is 5.32 Å². The molecule has 4 heterocycles. The SMILES string of the molecule is c1ccc(C2NC(c3cccc4oc5c(-n6c7ccc8ccccc8c7c7c8ccccc8ccc76)cccc5c34)Nc3sc4ccccc4c32)cc1. The Hall–Kier alpha value is -6.40. The van der Waals surface area contributed by atoms with E-state index in [4.69, 9.17) is 4.42 Å². The summed E-state index contributed by atoms with van der Waals surface area (Å²) in [7, 11) is 0. The highest BCUT2D eigenvalue weighted by atomic mass is 32.1. The molecule has 0 amide bonds. The molecule has 12 rings (SSSR count). The van der Waals surface area contributed by atoms with Crippen LogP contribution in [0.1, 0.15) is 28.9 Å². The van der Waals surface area contributed by atoms with E-state index >= 15 is 0 Å². The number of aromatic nitrogens is 1. The second kappa shape index (κ2) is 11.1.